The van der Waals surface area contributed by atoms with Gasteiger partial charge in [0, 0.05) is 62.2 Å². The number of anilines is 2. The molecule has 2 aliphatic rings. The molecular formula is C23H33Cl3N4O. The van der Waals surface area contributed by atoms with Crippen LogP contribution in [0.15, 0.2) is 48.5 Å². The van der Waals surface area contributed by atoms with Crippen LogP contribution in [0.5, 0.6) is 0 Å². The zero-order valence-corrected chi connectivity index (χ0v) is 20.3. The fourth-order valence-corrected chi connectivity index (χ4v) is 4.25. The number of nitrogens with one attached hydrogen (secondary N) is 2. The summed E-state index contributed by atoms with van der Waals surface area (Å²) in [6.07, 6.45) is 2.06. The molecule has 2 aromatic rings. The summed E-state index contributed by atoms with van der Waals surface area (Å²) in [6, 6.07) is 16.9. The number of carbonyl (C=O) groups is 1. The zero-order chi connectivity index (χ0) is 19.3. The van der Waals surface area contributed by atoms with E-state index in [2.05, 4.69) is 63.8 Å². The Hall–Kier alpha value is -1.66. The van der Waals surface area contributed by atoms with E-state index in [9.17, 15) is 4.79 Å². The molecule has 4 rings (SSSR count). The molecule has 0 spiro atoms. The Kier molecular flexibility index (Phi) is 11.5. The summed E-state index contributed by atoms with van der Waals surface area (Å²) in [5, 5.41) is 6.57. The lowest BCUT2D eigenvalue weighted by atomic mass is 9.97. The second-order valence-corrected chi connectivity index (χ2v) is 7.78. The SMILES string of the molecule is CC(CNC(=O)c1cccc2c1CCCN2)N1CCN(c2ccccc2)CC1.Cl.Cl.Cl. The largest absolute Gasteiger partial charge is 0.385 e. The normalized spacial score (nSPS) is 16.4. The highest BCUT2D eigenvalue weighted by atomic mass is 35.5. The minimum atomic E-state index is 0. The Bertz CT molecular complexity index is 814. The molecule has 0 aromatic heterocycles. The predicted octanol–water partition coefficient (Wildman–Crippen LogP) is 4.25. The van der Waals surface area contributed by atoms with Crippen LogP contribution in [0.1, 0.15) is 29.3 Å². The van der Waals surface area contributed by atoms with Crippen molar-refractivity contribution in [2.75, 3.05) is 49.5 Å². The number of hydrogen-bond donors (Lipinski definition) is 2. The first kappa shape index (κ1) is 27.4. The van der Waals surface area contributed by atoms with Crippen molar-refractivity contribution in [2.24, 2.45) is 0 Å². The molecule has 172 valence electrons. The van der Waals surface area contributed by atoms with Crippen LogP contribution in [-0.4, -0.2) is 56.1 Å². The Morgan fingerprint density at radius 3 is 2.42 bits per heavy atom. The van der Waals surface area contributed by atoms with Gasteiger partial charge in [0.2, 0.25) is 0 Å². The van der Waals surface area contributed by atoms with Crippen molar-refractivity contribution in [2.45, 2.75) is 25.8 Å². The van der Waals surface area contributed by atoms with Gasteiger partial charge in [-0.3, -0.25) is 9.69 Å². The van der Waals surface area contributed by atoms with Crippen LogP contribution in [0.2, 0.25) is 0 Å². The maximum atomic E-state index is 12.8. The van der Waals surface area contributed by atoms with Crippen molar-refractivity contribution in [3.63, 3.8) is 0 Å². The minimum Gasteiger partial charge on any atom is -0.385 e. The molecule has 5 nitrogen and oxygen atoms in total. The first-order valence-electron chi connectivity index (χ1n) is 10.4. The molecule has 1 atom stereocenters. The summed E-state index contributed by atoms with van der Waals surface area (Å²) in [4.78, 5) is 17.7. The van der Waals surface area contributed by atoms with Crippen molar-refractivity contribution in [1.82, 2.24) is 10.2 Å². The number of benzene rings is 2. The molecule has 8 heteroatoms. The summed E-state index contributed by atoms with van der Waals surface area (Å²) < 4.78 is 0. The molecule has 0 saturated carbocycles. The maximum absolute atomic E-state index is 12.8. The van der Waals surface area contributed by atoms with Crippen LogP contribution < -0.4 is 15.5 Å². The number of halogens is 3. The fraction of sp³-hybridized carbons (Fsp3) is 0.435. The number of amides is 1. The van der Waals surface area contributed by atoms with E-state index in [0.717, 1.165) is 62.4 Å². The molecule has 0 aliphatic carbocycles. The molecule has 2 aromatic carbocycles. The average molecular weight is 488 g/mol. The molecule has 1 unspecified atom stereocenters. The van der Waals surface area contributed by atoms with Gasteiger partial charge in [-0.25, -0.2) is 0 Å². The monoisotopic (exact) mass is 486 g/mol. The van der Waals surface area contributed by atoms with Gasteiger partial charge >= 0.3 is 0 Å². The molecule has 0 radical (unpaired) electrons. The highest BCUT2D eigenvalue weighted by molar-refractivity contribution is 5.97. The van der Waals surface area contributed by atoms with E-state index in [1.807, 2.05) is 12.1 Å². The van der Waals surface area contributed by atoms with Gasteiger partial charge in [0.25, 0.3) is 5.91 Å². The highest BCUT2D eigenvalue weighted by Crippen LogP contribution is 2.25. The second-order valence-electron chi connectivity index (χ2n) is 7.78. The van der Waals surface area contributed by atoms with E-state index >= 15 is 0 Å². The minimum absolute atomic E-state index is 0. The Morgan fingerprint density at radius 1 is 1.00 bits per heavy atom. The van der Waals surface area contributed by atoms with Gasteiger partial charge in [-0.1, -0.05) is 24.3 Å². The first-order chi connectivity index (χ1) is 13.7. The third kappa shape index (κ3) is 6.66. The lowest BCUT2D eigenvalue weighted by Gasteiger charge is -2.39. The van der Waals surface area contributed by atoms with Crippen molar-refractivity contribution < 1.29 is 4.79 Å². The summed E-state index contributed by atoms with van der Waals surface area (Å²) in [5.41, 5.74) is 4.40. The third-order valence-corrected chi connectivity index (χ3v) is 5.96. The predicted molar refractivity (Wildman–Crippen MR) is 137 cm³/mol. The molecule has 31 heavy (non-hydrogen) atoms. The van der Waals surface area contributed by atoms with Gasteiger partial charge in [-0.2, -0.15) is 0 Å². The number of nitrogens with zero attached hydrogens (tertiary/aromatic N) is 2. The van der Waals surface area contributed by atoms with E-state index in [4.69, 9.17) is 0 Å². The Labute approximate surface area is 204 Å². The summed E-state index contributed by atoms with van der Waals surface area (Å²) in [5.74, 6) is 0.0512. The van der Waals surface area contributed by atoms with Crippen molar-refractivity contribution in [1.29, 1.82) is 0 Å². The number of carbonyl (C=O) groups excluding carboxylic acids is 1. The van der Waals surface area contributed by atoms with E-state index in [0.29, 0.717) is 12.6 Å². The van der Waals surface area contributed by atoms with Gasteiger partial charge in [0.05, 0.1) is 0 Å². The summed E-state index contributed by atoms with van der Waals surface area (Å²) in [6.45, 7) is 7.99. The number of piperazine rings is 1. The Morgan fingerprint density at radius 2 is 1.71 bits per heavy atom. The summed E-state index contributed by atoms with van der Waals surface area (Å²) >= 11 is 0. The topological polar surface area (TPSA) is 47.6 Å². The van der Waals surface area contributed by atoms with Gasteiger partial charge in [0.1, 0.15) is 0 Å². The van der Waals surface area contributed by atoms with E-state index in [1.54, 1.807) is 0 Å². The van der Waals surface area contributed by atoms with Crippen molar-refractivity contribution >= 4 is 54.5 Å². The molecule has 1 fully saturated rings. The van der Waals surface area contributed by atoms with Gasteiger partial charge < -0.3 is 15.5 Å². The molecular weight excluding hydrogens is 455 g/mol. The van der Waals surface area contributed by atoms with E-state index in [1.165, 1.54) is 5.69 Å². The quantitative estimate of drug-likeness (QED) is 0.662. The molecule has 1 saturated heterocycles. The van der Waals surface area contributed by atoms with E-state index < -0.39 is 0 Å². The van der Waals surface area contributed by atoms with Crippen LogP contribution in [0, 0.1) is 0 Å². The standard InChI is InChI=1S/C23H30N4O.3ClH/c1-18(26-13-15-27(16-14-26)19-7-3-2-4-8-19)17-25-23(28)21-9-5-11-22-20(21)10-6-12-24-22;;;/h2-5,7-9,11,18,24H,6,10,12-17H2,1H3,(H,25,28);3*1H. The van der Waals surface area contributed by atoms with Gasteiger partial charge in [0.15, 0.2) is 0 Å². The molecule has 0 bridgehead atoms. The van der Waals surface area contributed by atoms with Crippen molar-refractivity contribution in [3.05, 3.63) is 59.7 Å². The lowest BCUT2D eigenvalue weighted by molar-refractivity contribution is 0.0933. The third-order valence-electron chi connectivity index (χ3n) is 5.96. The lowest BCUT2D eigenvalue weighted by Crippen LogP contribution is -2.52. The number of para-hydroxylation sites is 1. The molecule has 2 aliphatic heterocycles. The van der Waals surface area contributed by atoms with Gasteiger partial charge in [-0.15, -0.1) is 37.2 Å². The first-order valence-corrected chi connectivity index (χ1v) is 10.4. The summed E-state index contributed by atoms with van der Waals surface area (Å²) in [7, 11) is 0. The van der Waals surface area contributed by atoms with Crippen LogP contribution >= 0.6 is 37.2 Å². The fourth-order valence-electron chi connectivity index (χ4n) is 4.25. The Balaban J connectivity index is 0.00000160. The van der Waals surface area contributed by atoms with Gasteiger partial charge in [-0.05, 0) is 49.6 Å². The van der Waals surface area contributed by atoms with Crippen LogP contribution in [0.25, 0.3) is 0 Å². The smallest absolute Gasteiger partial charge is 0.251 e. The maximum Gasteiger partial charge on any atom is 0.251 e. The van der Waals surface area contributed by atoms with E-state index in [-0.39, 0.29) is 43.1 Å². The number of hydrogen-bond acceptors (Lipinski definition) is 4. The number of fused-ring (bicyclic) bond motifs is 1. The van der Waals surface area contributed by atoms with Crippen molar-refractivity contribution in [3.8, 4) is 0 Å². The van der Waals surface area contributed by atoms with Crippen LogP contribution in [-0.2, 0) is 6.42 Å². The zero-order valence-electron chi connectivity index (χ0n) is 17.9. The highest BCUT2D eigenvalue weighted by Gasteiger charge is 2.22. The molecule has 2 heterocycles. The second kappa shape index (κ2) is 13.0. The molecule has 1 amide bonds. The van der Waals surface area contributed by atoms with Crippen LogP contribution in [0.3, 0.4) is 0 Å². The average Bonchev–Trinajstić information content (AvgIpc) is 2.77. The molecule has 2 N–H and O–H groups in total. The van der Waals surface area contributed by atoms with Crippen LogP contribution in [0.4, 0.5) is 11.4 Å². The number of rotatable bonds is 5.